The average Bonchev–Trinajstić information content (AvgIpc) is 2.78. The fraction of sp³-hybridized carbons (Fsp3) is 0.600. The molecular weight excluding hydrogens is 208 g/mol. The Balaban J connectivity index is 1.82. The lowest BCUT2D eigenvalue weighted by Crippen LogP contribution is -2.27. The van der Waals surface area contributed by atoms with E-state index in [9.17, 15) is 0 Å². The van der Waals surface area contributed by atoms with Crippen LogP contribution in [0.3, 0.4) is 0 Å². The van der Waals surface area contributed by atoms with Gasteiger partial charge in [-0.05, 0) is 44.4 Å². The molecule has 1 aliphatic heterocycles. The molecule has 2 nitrogen and oxygen atoms in total. The van der Waals surface area contributed by atoms with Gasteiger partial charge < -0.3 is 10.2 Å². The first kappa shape index (κ1) is 12.4. The smallest absolute Gasteiger partial charge is 0.0399 e. The first-order valence-corrected chi connectivity index (χ1v) is 6.85. The van der Waals surface area contributed by atoms with E-state index in [1.54, 1.807) is 0 Å². The van der Waals surface area contributed by atoms with E-state index in [2.05, 4.69) is 48.5 Å². The van der Waals surface area contributed by atoms with Crippen LogP contribution in [0.25, 0.3) is 0 Å². The quantitative estimate of drug-likeness (QED) is 0.811. The summed E-state index contributed by atoms with van der Waals surface area (Å²) in [5, 5.41) is 3.38. The normalized spacial score (nSPS) is 16.0. The van der Waals surface area contributed by atoms with Crippen molar-refractivity contribution in [1.82, 2.24) is 5.32 Å². The third-order valence-corrected chi connectivity index (χ3v) is 3.87. The SMILES string of the molecule is CCC(CCCN1CCc2ccccc21)NC. The molecule has 0 saturated heterocycles. The lowest BCUT2D eigenvalue weighted by molar-refractivity contribution is 0.491. The second-order valence-corrected chi connectivity index (χ2v) is 4.90. The molecule has 2 rings (SSSR count). The van der Waals surface area contributed by atoms with Gasteiger partial charge in [-0.15, -0.1) is 0 Å². The molecule has 0 bridgehead atoms. The number of para-hydroxylation sites is 1. The van der Waals surface area contributed by atoms with Crippen LogP contribution in [0.5, 0.6) is 0 Å². The largest absolute Gasteiger partial charge is 0.371 e. The summed E-state index contributed by atoms with van der Waals surface area (Å²) in [6.07, 6.45) is 5.02. The monoisotopic (exact) mass is 232 g/mol. The van der Waals surface area contributed by atoms with Gasteiger partial charge in [0.15, 0.2) is 0 Å². The molecule has 0 aliphatic carbocycles. The summed E-state index contributed by atoms with van der Waals surface area (Å²) >= 11 is 0. The lowest BCUT2D eigenvalue weighted by atomic mass is 10.1. The third kappa shape index (κ3) is 3.01. The van der Waals surface area contributed by atoms with Gasteiger partial charge in [0.25, 0.3) is 0 Å². The summed E-state index contributed by atoms with van der Waals surface area (Å²) in [5.41, 5.74) is 2.98. The van der Waals surface area contributed by atoms with Crippen molar-refractivity contribution in [3.8, 4) is 0 Å². The van der Waals surface area contributed by atoms with Crippen LogP contribution < -0.4 is 10.2 Å². The van der Waals surface area contributed by atoms with Crippen molar-refractivity contribution in [3.05, 3.63) is 29.8 Å². The van der Waals surface area contributed by atoms with E-state index in [-0.39, 0.29) is 0 Å². The molecule has 0 radical (unpaired) electrons. The molecule has 0 aromatic heterocycles. The van der Waals surface area contributed by atoms with E-state index in [4.69, 9.17) is 0 Å². The number of anilines is 1. The summed E-state index contributed by atoms with van der Waals surface area (Å²) < 4.78 is 0. The van der Waals surface area contributed by atoms with E-state index in [0.717, 1.165) is 0 Å². The summed E-state index contributed by atoms with van der Waals surface area (Å²) in [4.78, 5) is 2.54. The van der Waals surface area contributed by atoms with Gasteiger partial charge in [0.1, 0.15) is 0 Å². The maximum absolute atomic E-state index is 3.38. The van der Waals surface area contributed by atoms with Crippen LogP contribution in [0, 0.1) is 0 Å². The highest BCUT2D eigenvalue weighted by molar-refractivity contribution is 5.57. The van der Waals surface area contributed by atoms with Gasteiger partial charge in [0.2, 0.25) is 0 Å². The lowest BCUT2D eigenvalue weighted by Gasteiger charge is -2.21. The number of rotatable bonds is 6. The molecule has 0 fully saturated rings. The minimum absolute atomic E-state index is 0.688. The summed E-state index contributed by atoms with van der Waals surface area (Å²) in [6.45, 7) is 4.66. The van der Waals surface area contributed by atoms with Crippen molar-refractivity contribution in [2.45, 2.75) is 38.6 Å². The minimum atomic E-state index is 0.688. The van der Waals surface area contributed by atoms with Crippen molar-refractivity contribution in [3.63, 3.8) is 0 Å². The Morgan fingerprint density at radius 1 is 1.35 bits per heavy atom. The molecular formula is C15H24N2. The van der Waals surface area contributed by atoms with Crippen LogP contribution in [0.2, 0.25) is 0 Å². The number of nitrogens with one attached hydrogen (secondary N) is 1. The molecule has 94 valence electrons. The van der Waals surface area contributed by atoms with Gasteiger partial charge in [-0.1, -0.05) is 25.1 Å². The molecule has 1 aromatic rings. The Morgan fingerprint density at radius 2 is 2.18 bits per heavy atom. The topological polar surface area (TPSA) is 15.3 Å². The zero-order chi connectivity index (χ0) is 12.1. The molecule has 1 aromatic carbocycles. The van der Waals surface area contributed by atoms with E-state index in [1.165, 1.54) is 50.0 Å². The summed E-state index contributed by atoms with van der Waals surface area (Å²) in [7, 11) is 2.07. The molecule has 17 heavy (non-hydrogen) atoms. The maximum Gasteiger partial charge on any atom is 0.0399 e. The van der Waals surface area contributed by atoms with Crippen LogP contribution in [0.15, 0.2) is 24.3 Å². The molecule has 1 aliphatic rings. The minimum Gasteiger partial charge on any atom is -0.371 e. The third-order valence-electron chi connectivity index (χ3n) is 3.87. The molecule has 0 spiro atoms. The maximum atomic E-state index is 3.38. The van der Waals surface area contributed by atoms with Gasteiger partial charge in [0.05, 0.1) is 0 Å². The molecule has 1 atom stereocenters. The van der Waals surface area contributed by atoms with Gasteiger partial charge in [-0.2, -0.15) is 0 Å². The molecule has 0 saturated carbocycles. The highest BCUT2D eigenvalue weighted by atomic mass is 15.1. The van der Waals surface area contributed by atoms with Crippen LogP contribution in [0.4, 0.5) is 5.69 Å². The van der Waals surface area contributed by atoms with E-state index in [0.29, 0.717) is 6.04 Å². The summed E-state index contributed by atoms with van der Waals surface area (Å²) in [5.74, 6) is 0. The zero-order valence-electron chi connectivity index (χ0n) is 11.1. The Morgan fingerprint density at radius 3 is 2.94 bits per heavy atom. The van der Waals surface area contributed by atoms with Crippen molar-refractivity contribution in [2.75, 3.05) is 25.0 Å². The van der Waals surface area contributed by atoms with E-state index in [1.807, 2.05) is 0 Å². The number of hydrogen-bond donors (Lipinski definition) is 1. The van der Waals surface area contributed by atoms with Crippen LogP contribution >= 0.6 is 0 Å². The van der Waals surface area contributed by atoms with Gasteiger partial charge in [0, 0.05) is 24.8 Å². The van der Waals surface area contributed by atoms with Crippen LogP contribution in [-0.2, 0) is 6.42 Å². The summed E-state index contributed by atoms with van der Waals surface area (Å²) in [6, 6.07) is 9.51. The number of nitrogens with zero attached hydrogens (tertiary/aromatic N) is 1. The van der Waals surface area contributed by atoms with Crippen LogP contribution in [0.1, 0.15) is 31.7 Å². The van der Waals surface area contributed by atoms with Crippen molar-refractivity contribution < 1.29 is 0 Å². The molecule has 2 heteroatoms. The Bertz CT molecular complexity index is 345. The fourth-order valence-electron chi connectivity index (χ4n) is 2.72. The first-order chi connectivity index (χ1) is 8.35. The Kier molecular flexibility index (Phi) is 4.43. The molecule has 1 heterocycles. The zero-order valence-corrected chi connectivity index (χ0v) is 11.1. The average molecular weight is 232 g/mol. The van der Waals surface area contributed by atoms with E-state index < -0.39 is 0 Å². The number of benzene rings is 1. The number of fused-ring (bicyclic) bond motifs is 1. The first-order valence-electron chi connectivity index (χ1n) is 6.85. The van der Waals surface area contributed by atoms with Crippen molar-refractivity contribution in [2.24, 2.45) is 0 Å². The highest BCUT2D eigenvalue weighted by Gasteiger charge is 2.17. The van der Waals surface area contributed by atoms with Crippen molar-refractivity contribution in [1.29, 1.82) is 0 Å². The predicted molar refractivity (Wildman–Crippen MR) is 74.7 cm³/mol. The second-order valence-electron chi connectivity index (χ2n) is 4.90. The van der Waals surface area contributed by atoms with Crippen molar-refractivity contribution >= 4 is 5.69 Å². The predicted octanol–water partition coefficient (Wildman–Crippen LogP) is 2.83. The molecule has 1 N–H and O–H groups in total. The van der Waals surface area contributed by atoms with Gasteiger partial charge >= 0.3 is 0 Å². The van der Waals surface area contributed by atoms with Gasteiger partial charge in [-0.25, -0.2) is 0 Å². The fourth-order valence-corrected chi connectivity index (χ4v) is 2.72. The Labute approximate surface area is 105 Å². The molecule has 0 amide bonds. The standard InChI is InChI=1S/C15H24N2/c1-3-14(16-2)8-6-11-17-12-10-13-7-4-5-9-15(13)17/h4-5,7,9,14,16H,3,6,8,10-12H2,1-2H3. The van der Waals surface area contributed by atoms with Gasteiger partial charge in [-0.3, -0.25) is 0 Å². The Hall–Kier alpha value is -1.02. The highest BCUT2D eigenvalue weighted by Crippen LogP contribution is 2.27. The van der Waals surface area contributed by atoms with Crippen LogP contribution in [-0.4, -0.2) is 26.2 Å². The van der Waals surface area contributed by atoms with E-state index >= 15 is 0 Å². The molecule has 1 unspecified atom stereocenters. The number of hydrogen-bond acceptors (Lipinski definition) is 2. The second kappa shape index (κ2) is 6.06.